The van der Waals surface area contributed by atoms with Gasteiger partial charge in [0.05, 0.1) is 0 Å². The number of hydrogen-bond donors (Lipinski definition) is 1. The van der Waals surface area contributed by atoms with Gasteiger partial charge < -0.3 is 5.32 Å². The van der Waals surface area contributed by atoms with Gasteiger partial charge in [-0.3, -0.25) is 4.79 Å². The van der Waals surface area contributed by atoms with Gasteiger partial charge in [-0.1, -0.05) is 11.6 Å². The van der Waals surface area contributed by atoms with Crippen LogP contribution in [0.25, 0.3) is 0 Å². The Bertz CT molecular complexity index is 228. The van der Waals surface area contributed by atoms with Crippen LogP contribution < -0.4 is 5.32 Å². The van der Waals surface area contributed by atoms with Crippen LogP contribution in [-0.4, -0.2) is 12.5 Å². The van der Waals surface area contributed by atoms with Crippen molar-refractivity contribution in [3.63, 3.8) is 0 Å². The van der Waals surface area contributed by atoms with Crippen LogP contribution in [0.3, 0.4) is 0 Å². The molecule has 0 heterocycles. The molecule has 13 heavy (non-hydrogen) atoms. The van der Waals surface area contributed by atoms with E-state index in [0.29, 0.717) is 5.92 Å². The van der Waals surface area contributed by atoms with Crippen molar-refractivity contribution >= 4 is 5.91 Å². The lowest BCUT2D eigenvalue weighted by Crippen LogP contribution is -2.27. The minimum Gasteiger partial charge on any atom is -0.352 e. The quantitative estimate of drug-likeness (QED) is 0.660. The second kappa shape index (κ2) is 3.95. The molecule has 0 aromatic heterocycles. The van der Waals surface area contributed by atoms with E-state index in [4.69, 9.17) is 0 Å². The second-order valence-corrected chi connectivity index (χ2v) is 4.10. The summed E-state index contributed by atoms with van der Waals surface area (Å²) in [6, 6.07) is 0. The molecule has 1 saturated carbocycles. The van der Waals surface area contributed by atoms with Gasteiger partial charge in [-0.05, 0) is 38.5 Å². The SMILES string of the molecule is O=C(NCC1=CCCCC1)C1CC1. The Kier molecular flexibility index (Phi) is 2.67. The van der Waals surface area contributed by atoms with Gasteiger partial charge in [-0.25, -0.2) is 0 Å². The number of hydrogen-bond acceptors (Lipinski definition) is 1. The summed E-state index contributed by atoms with van der Waals surface area (Å²) < 4.78 is 0. The Morgan fingerprint density at radius 1 is 1.46 bits per heavy atom. The summed E-state index contributed by atoms with van der Waals surface area (Å²) in [4.78, 5) is 11.3. The fourth-order valence-electron chi connectivity index (χ4n) is 1.76. The molecule has 0 bridgehead atoms. The molecule has 0 aromatic rings. The number of amides is 1. The number of carbonyl (C=O) groups excluding carboxylic acids is 1. The van der Waals surface area contributed by atoms with Crippen molar-refractivity contribution in [2.75, 3.05) is 6.54 Å². The number of rotatable bonds is 3. The normalized spacial score (nSPS) is 22.3. The smallest absolute Gasteiger partial charge is 0.223 e. The first kappa shape index (κ1) is 8.79. The topological polar surface area (TPSA) is 29.1 Å². The van der Waals surface area contributed by atoms with E-state index in [1.54, 1.807) is 0 Å². The number of carbonyl (C=O) groups is 1. The Labute approximate surface area is 79.4 Å². The van der Waals surface area contributed by atoms with Crippen molar-refractivity contribution < 1.29 is 4.79 Å². The largest absolute Gasteiger partial charge is 0.352 e. The molecular weight excluding hydrogens is 162 g/mol. The van der Waals surface area contributed by atoms with Crippen molar-refractivity contribution in [1.29, 1.82) is 0 Å². The number of allylic oxidation sites excluding steroid dienone is 1. The molecule has 0 spiro atoms. The van der Waals surface area contributed by atoms with Crippen molar-refractivity contribution in [1.82, 2.24) is 5.32 Å². The molecule has 1 N–H and O–H groups in total. The van der Waals surface area contributed by atoms with E-state index in [2.05, 4.69) is 11.4 Å². The van der Waals surface area contributed by atoms with E-state index >= 15 is 0 Å². The maximum Gasteiger partial charge on any atom is 0.223 e. The lowest BCUT2D eigenvalue weighted by Gasteiger charge is -2.13. The van der Waals surface area contributed by atoms with E-state index in [9.17, 15) is 4.79 Å². The molecule has 2 nitrogen and oxygen atoms in total. The average Bonchev–Trinajstić information content (AvgIpc) is 2.99. The summed E-state index contributed by atoms with van der Waals surface area (Å²) in [7, 11) is 0. The fraction of sp³-hybridized carbons (Fsp3) is 0.727. The molecular formula is C11H17NO. The molecule has 0 aliphatic heterocycles. The van der Waals surface area contributed by atoms with E-state index < -0.39 is 0 Å². The second-order valence-electron chi connectivity index (χ2n) is 4.10. The van der Waals surface area contributed by atoms with Gasteiger partial charge in [0, 0.05) is 12.5 Å². The molecule has 2 aliphatic carbocycles. The lowest BCUT2D eigenvalue weighted by atomic mass is 10.00. The Morgan fingerprint density at radius 2 is 2.31 bits per heavy atom. The van der Waals surface area contributed by atoms with E-state index in [0.717, 1.165) is 19.4 Å². The van der Waals surface area contributed by atoms with Crippen molar-refractivity contribution in [2.45, 2.75) is 38.5 Å². The zero-order chi connectivity index (χ0) is 9.10. The van der Waals surface area contributed by atoms with Crippen LogP contribution in [0.2, 0.25) is 0 Å². The molecule has 0 atom stereocenters. The summed E-state index contributed by atoms with van der Waals surface area (Å²) in [6.07, 6.45) is 9.50. The van der Waals surface area contributed by atoms with Crippen LogP contribution in [0.1, 0.15) is 38.5 Å². The molecule has 0 unspecified atom stereocenters. The maximum absolute atomic E-state index is 11.3. The summed E-state index contributed by atoms with van der Waals surface area (Å²) in [5.41, 5.74) is 1.43. The predicted octanol–water partition coefficient (Wildman–Crippen LogP) is 2.01. The highest BCUT2D eigenvalue weighted by Crippen LogP contribution is 2.28. The highest BCUT2D eigenvalue weighted by Gasteiger charge is 2.29. The van der Waals surface area contributed by atoms with Gasteiger partial charge in [0.2, 0.25) is 5.91 Å². The predicted molar refractivity (Wildman–Crippen MR) is 52.3 cm³/mol. The van der Waals surface area contributed by atoms with Crippen molar-refractivity contribution in [2.24, 2.45) is 5.92 Å². The Morgan fingerprint density at radius 3 is 2.92 bits per heavy atom. The summed E-state index contributed by atoms with van der Waals surface area (Å²) in [6.45, 7) is 0.801. The minimum absolute atomic E-state index is 0.270. The van der Waals surface area contributed by atoms with E-state index in [1.807, 2.05) is 0 Å². The van der Waals surface area contributed by atoms with Gasteiger partial charge >= 0.3 is 0 Å². The monoisotopic (exact) mass is 179 g/mol. The molecule has 2 aliphatic rings. The van der Waals surface area contributed by atoms with Crippen molar-refractivity contribution in [3.8, 4) is 0 Å². The average molecular weight is 179 g/mol. The third kappa shape index (κ3) is 2.58. The highest BCUT2D eigenvalue weighted by atomic mass is 16.2. The van der Waals surface area contributed by atoms with Crippen molar-refractivity contribution in [3.05, 3.63) is 11.6 Å². The number of nitrogens with one attached hydrogen (secondary N) is 1. The van der Waals surface area contributed by atoms with Gasteiger partial charge in [-0.2, -0.15) is 0 Å². The molecule has 0 aromatic carbocycles. The Balaban J connectivity index is 1.71. The van der Waals surface area contributed by atoms with Crippen LogP contribution in [0.5, 0.6) is 0 Å². The summed E-state index contributed by atoms with van der Waals surface area (Å²) in [5.74, 6) is 0.621. The van der Waals surface area contributed by atoms with Gasteiger partial charge in [0.15, 0.2) is 0 Å². The first-order valence-electron chi connectivity index (χ1n) is 5.32. The van der Waals surface area contributed by atoms with Crippen LogP contribution >= 0.6 is 0 Å². The van der Waals surface area contributed by atoms with Gasteiger partial charge in [-0.15, -0.1) is 0 Å². The van der Waals surface area contributed by atoms with Gasteiger partial charge in [0.1, 0.15) is 0 Å². The molecule has 0 radical (unpaired) electrons. The van der Waals surface area contributed by atoms with Crippen LogP contribution in [0, 0.1) is 5.92 Å². The van der Waals surface area contributed by atoms with Gasteiger partial charge in [0.25, 0.3) is 0 Å². The molecule has 0 saturated heterocycles. The molecule has 1 fully saturated rings. The fourth-order valence-corrected chi connectivity index (χ4v) is 1.76. The summed E-state index contributed by atoms with van der Waals surface area (Å²) >= 11 is 0. The first-order valence-corrected chi connectivity index (χ1v) is 5.32. The summed E-state index contributed by atoms with van der Waals surface area (Å²) in [5, 5.41) is 3.01. The lowest BCUT2D eigenvalue weighted by molar-refractivity contribution is -0.122. The zero-order valence-corrected chi connectivity index (χ0v) is 8.01. The molecule has 2 rings (SSSR count). The minimum atomic E-state index is 0.270. The highest BCUT2D eigenvalue weighted by molar-refractivity contribution is 5.81. The standard InChI is InChI=1S/C11H17NO/c13-11(10-6-7-10)12-8-9-4-2-1-3-5-9/h4,10H,1-3,5-8H2,(H,12,13). The van der Waals surface area contributed by atoms with Crippen LogP contribution in [-0.2, 0) is 4.79 Å². The first-order chi connectivity index (χ1) is 6.36. The zero-order valence-electron chi connectivity index (χ0n) is 8.01. The third-order valence-electron chi connectivity index (χ3n) is 2.82. The Hall–Kier alpha value is -0.790. The van der Waals surface area contributed by atoms with Crippen LogP contribution in [0.4, 0.5) is 0 Å². The van der Waals surface area contributed by atoms with E-state index in [1.165, 1.54) is 31.3 Å². The van der Waals surface area contributed by atoms with E-state index in [-0.39, 0.29) is 5.91 Å². The molecule has 2 heteroatoms. The third-order valence-corrected chi connectivity index (χ3v) is 2.82. The van der Waals surface area contributed by atoms with Crippen LogP contribution in [0.15, 0.2) is 11.6 Å². The maximum atomic E-state index is 11.3. The molecule has 72 valence electrons. The molecule has 1 amide bonds.